The fourth-order valence-corrected chi connectivity index (χ4v) is 4.46. The van der Waals surface area contributed by atoms with E-state index < -0.39 is 10.0 Å². The Bertz CT molecular complexity index is 836. The Labute approximate surface area is 142 Å². The van der Waals surface area contributed by atoms with Gasteiger partial charge in [-0.2, -0.15) is 0 Å². The second-order valence-corrected chi connectivity index (χ2v) is 7.23. The Hall–Kier alpha value is -2.25. The van der Waals surface area contributed by atoms with Crippen LogP contribution in [0.1, 0.15) is 5.56 Å². The number of rotatable bonds is 4. The highest BCUT2D eigenvalue weighted by molar-refractivity contribution is 7.93. The van der Waals surface area contributed by atoms with Gasteiger partial charge in [-0.3, -0.25) is 4.31 Å². The average Bonchev–Trinajstić information content (AvgIpc) is 2.84. The van der Waals surface area contributed by atoms with Crippen molar-refractivity contribution >= 4 is 15.7 Å². The molecular weight excluding hydrogens is 328 g/mol. The van der Waals surface area contributed by atoms with Crippen LogP contribution in [0.3, 0.4) is 0 Å². The summed E-state index contributed by atoms with van der Waals surface area (Å²) in [6.07, 6.45) is 0. The van der Waals surface area contributed by atoms with Gasteiger partial charge in [0.1, 0.15) is 16.4 Å². The maximum atomic E-state index is 13.3. The fourth-order valence-electron chi connectivity index (χ4n) is 2.78. The highest BCUT2D eigenvalue weighted by Gasteiger charge is 2.30. The van der Waals surface area contributed by atoms with E-state index in [1.54, 1.807) is 12.1 Å². The van der Waals surface area contributed by atoms with Crippen LogP contribution in [0.4, 0.5) is 5.69 Å². The molecule has 0 aliphatic carbocycles. The molecule has 7 heteroatoms. The SMILES string of the molecule is COc1ccc(OC)c(S(=O)(=O)N2CCNCc3ccccc32)c1. The molecule has 0 saturated carbocycles. The van der Waals surface area contributed by atoms with Crippen LogP contribution >= 0.6 is 0 Å². The number of hydrogen-bond acceptors (Lipinski definition) is 5. The second kappa shape index (κ2) is 6.70. The minimum atomic E-state index is -3.79. The molecule has 1 N–H and O–H groups in total. The van der Waals surface area contributed by atoms with Crippen LogP contribution in [0.2, 0.25) is 0 Å². The van der Waals surface area contributed by atoms with E-state index in [-0.39, 0.29) is 4.90 Å². The van der Waals surface area contributed by atoms with Crippen LogP contribution in [-0.4, -0.2) is 35.7 Å². The molecule has 0 amide bonds. The van der Waals surface area contributed by atoms with Gasteiger partial charge in [-0.15, -0.1) is 0 Å². The van der Waals surface area contributed by atoms with E-state index >= 15 is 0 Å². The van der Waals surface area contributed by atoms with Crippen molar-refractivity contribution in [1.29, 1.82) is 0 Å². The van der Waals surface area contributed by atoms with Crippen molar-refractivity contribution in [2.75, 3.05) is 31.6 Å². The van der Waals surface area contributed by atoms with E-state index in [0.29, 0.717) is 36.8 Å². The molecule has 1 aliphatic rings. The standard InChI is InChI=1S/C17H20N2O4S/c1-22-14-7-8-16(23-2)17(11-14)24(20,21)19-10-9-18-12-13-5-3-4-6-15(13)19/h3-8,11,18H,9-10,12H2,1-2H3. The third-order valence-corrected chi connectivity index (χ3v) is 5.84. The molecule has 6 nitrogen and oxygen atoms in total. The van der Waals surface area contributed by atoms with Crippen molar-refractivity contribution in [1.82, 2.24) is 5.32 Å². The zero-order chi connectivity index (χ0) is 17.2. The largest absolute Gasteiger partial charge is 0.497 e. The Morgan fingerprint density at radius 2 is 1.88 bits per heavy atom. The van der Waals surface area contributed by atoms with E-state index in [2.05, 4.69) is 5.32 Å². The molecule has 1 heterocycles. The minimum Gasteiger partial charge on any atom is -0.497 e. The summed E-state index contributed by atoms with van der Waals surface area (Å²) in [6, 6.07) is 12.3. The molecule has 2 aromatic carbocycles. The molecule has 0 saturated heterocycles. The van der Waals surface area contributed by atoms with Gasteiger partial charge in [0.25, 0.3) is 10.0 Å². The smallest absolute Gasteiger partial charge is 0.268 e. The number of benzene rings is 2. The molecule has 2 aromatic rings. The normalized spacial score (nSPS) is 14.7. The molecule has 0 atom stereocenters. The zero-order valence-electron chi connectivity index (χ0n) is 13.7. The molecule has 0 fully saturated rings. The van der Waals surface area contributed by atoms with Crippen molar-refractivity contribution in [3.63, 3.8) is 0 Å². The van der Waals surface area contributed by atoms with E-state index in [9.17, 15) is 8.42 Å². The molecule has 24 heavy (non-hydrogen) atoms. The molecule has 3 rings (SSSR count). The summed E-state index contributed by atoms with van der Waals surface area (Å²) in [7, 11) is -0.825. The number of ether oxygens (including phenoxy) is 2. The van der Waals surface area contributed by atoms with Crippen LogP contribution in [0.25, 0.3) is 0 Å². The van der Waals surface area contributed by atoms with Gasteiger partial charge in [0, 0.05) is 25.7 Å². The monoisotopic (exact) mass is 348 g/mol. The number of nitrogens with one attached hydrogen (secondary N) is 1. The Morgan fingerprint density at radius 3 is 2.62 bits per heavy atom. The highest BCUT2D eigenvalue weighted by Crippen LogP contribution is 2.34. The van der Waals surface area contributed by atoms with E-state index in [0.717, 1.165) is 5.56 Å². The molecule has 0 spiro atoms. The van der Waals surface area contributed by atoms with Gasteiger partial charge in [0.2, 0.25) is 0 Å². The lowest BCUT2D eigenvalue weighted by atomic mass is 10.2. The van der Waals surface area contributed by atoms with Crippen molar-refractivity contribution in [2.24, 2.45) is 0 Å². The molecule has 128 valence electrons. The van der Waals surface area contributed by atoms with Gasteiger partial charge >= 0.3 is 0 Å². The second-order valence-electron chi connectivity index (χ2n) is 5.40. The summed E-state index contributed by atoms with van der Waals surface area (Å²) in [6.45, 7) is 1.55. The minimum absolute atomic E-state index is 0.0982. The topological polar surface area (TPSA) is 67.9 Å². The fraction of sp³-hybridized carbons (Fsp3) is 0.294. The number of nitrogens with zero attached hydrogens (tertiary/aromatic N) is 1. The Kier molecular flexibility index (Phi) is 4.64. The lowest BCUT2D eigenvalue weighted by Gasteiger charge is -2.25. The number of para-hydroxylation sites is 1. The highest BCUT2D eigenvalue weighted by atomic mass is 32.2. The molecule has 0 unspecified atom stereocenters. The van der Waals surface area contributed by atoms with Gasteiger partial charge in [0.05, 0.1) is 19.9 Å². The predicted molar refractivity (Wildman–Crippen MR) is 92.2 cm³/mol. The molecule has 0 bridgehead atoms. The predicted octanol–water partition coefficient (Wildman–Crippen LogP) is 2.00. The maximum Gasteiger partial charge on any atom is 0.268 e. The number of hydrogen-bond donors (Lipinski definition) is 1. The van der Waals surface area contributed by atoms with Crippen LogP contribution in [0, 0.1) is 0 Å². The number of fused-ring (bicyclic) bond motifs is 1. The number of anilines is 1. The molecule has 0 radical (unpaired) electrons. The van der Waals surface area contributed by atoms with Crippen molar-refractivity contribution in [2.45, 2.75) is 11.4 Å². The van der Waals surface area contributed by atoms with Gasteiger partial charge in [-0.05, 0) is 23.8 Å². The Balaban J connectivity index is 2.15. The first-order valence-electron chi connectivity index (χ1n) is 7.61. The van der Waals surface area contributed by atoms with E-state index in [4.69, 9.17) is 9.47 Å². The summed E-state index contributed by atoms with van der Waals surface area (Å²) in [5.41, 5.74) is 1.63. The summed E-state index contributed by atoms with van der Waals surface area (Å²) in [5, 5.41) is 3.25. The first-order valence-corrected chi connectivity index (χ1v) is 9.05. The van der Waals surface area contributed by atoms with E-state index in [1.165, 1.54) is 24.6 Å². The van der Waals surface area contributed by atoms with Gasteiger partial charge < -0.3 is 14.8 Å². The first-order chi connectivity index (χ1) is 11.6. The number of sulfonamides is 1. The quantitative estimate of drug-likeness (QED) is 0.915. The summed E-state index contributed by atoms with van der Waals surface area (Å²) in [5.74, 6) is 0.765. The van der Waals surface area contributed by atoms with Gasteiger partial charge in [-0.25, -0.2) is 8.42 Å². The molecule has 1 aliphatic heterocycles. The zero-order valence-corrected chi connectivity index (χ0v) is 14.5. The Morgan fingerprint density at radius 1 is 1.08 bits per heavy atom. The molecule has 0 aromatic heterocycles. The van der Waals surface area contributed by atoms with Crippen molar-refractivity contribution < 1.29 is 17.9 Å². The van der Waals surface area contributed by atoms with Crippen molar-refractivity contribution in [3.05, 3.63) is 48.0 Å². The van der Waals surface area contributed by atoms with Crippen LogP contribution in [-0.2, 0) is 16.6 Å². The lowest BCUT2D eigenvalue weighted by Crippen LogP contribution is -2.35. The van der Waals surface area contributed by atoms with Crippen LogP contribution in [0.15, 0.2) is 47.4 Å². The maximum absolute atomic E-state index is 13.3. The summed E-state index contributed by atoms with van der Waals surface area (Å²) < 4.78 is 38.5. The average molecular weight is 348 g/mol. The van der Waals surface area contributed by atoms with Crippen molar-refractivity contribution in [3.8, 4) is 11.5 Å². The summed E-state index contributed by atoms with van der Waals surface area (Å²) >= 11 is 0. The number of methoxy groups -OCH3 is 2. The molecular formula is C17H20N2O4S. The third kappa shape index (κ3) is 2.92. The van der Waals surface area contributed by atoms with Crippen LogP contribution in [0.5, 0.6) is 11.5 Å². The first kappa shape index (κ1) is 16.6. The van der Waals surface area contributed by atoms with E-state index in [1.807, 2.05) is 24.3 Å². The lowest BCUT2D eigenvalue weighted by molar-refractivity contribution is 0.392. The third-order valence-electron chi connectivity index (χ3n) is 4.01. The summed E-state index contributed by atoms with van der Waals surface area (Å²) in [4.78, 5) is 0.0982. The van der Waals surface area contributed by atoms with Gasteiger partial charge in [0.15, 0.2) is 0 Å². The van der Waals surface area contributed by atoms with Crippen LogP contribution < -0.4 is 19.1 Å². The van der Waals surface area contributed by atoms with Gasteiger partial charge in [-0.1, -0.05) is 18.2 Å².